The van der Waals surface area contributed by atoms with Gasteiger partial charge in [-0.2, -0.15) is 0 Å². The molecule has 2 rings (SSSR count). The summed E-state index contributed by atoms with van der Waals surface area (Å²) in [5.41, 5.74) is -5.70. The molecule has 15 N–H and O–H groups in total. The van der Waals surface area contributed by atoms with Crippen molar-refractivity contribution in [1.82, 2.24) is 35.1 Å². The summed E-state index contributed by atoms with van der Waals surface area (Å²) in [4.78, 5) is 179. The molecule has 0 aliphatic carbocycles. The molecule has 1 heterocycles. The van der Waals surface area contributed by atoms with E-state index >= 15 is 0 Å². The second-order valence-electron chi connectivity index (χ2n) is 15.1. The van der Waals surface area contributed by atoms with E-state index in [2.05, 4.69) is 5.32 Å². The van der Waals surface area contributed by atoms with Crippen molar-refractivity contribution >= 4 is 83.9 Å². The Morgan fingerprint density at radius 3 is 1.53 bits per heavy atom. The van der Waals surface area contributed by atoms with Gasteiger partial charge in [-0.15, -0.1) is 0 Å². The van der Waals surface area contributed by atoms with Crippen molar-refractivity contribution in [3.05, 3.63) is 29.8 Å². The molecule has 68 heavy (non-hydrogen) atoms. The summed E-state index contributed by atoms with van der Waals surface area (Å²) in [6, 6.07) is 3.76. The van der Waals surface area contributed by atoms with Crippen LogP contribution in [-0.4, -0.2) is 214 Å². The summed E-state index contributed by atoms with van der Waals surface area (Å²) in [5.74, 6) is -6.65. The lowest BCUT2D eigenvalue weighted by Crippen LogP contribution is -2.56. The van der Waals surface area contributed by atoms with Gasteiger partial charge in [-0.3, -0.25) is 47.1 Å². The Balaban J connectivity index is 2.26. The number of aliphatic carboxylic acids is 1. The molecule has 0 saturated carbocycles. The van der Waals surface area contributed by atoms with Crippen LogP contribution in [0.2, 0.25) is 0 Å². The number of rotatable bonds is 19. The molecule has 2 atom stereocenters. The van der Waals surface area contributed by atoms with Crippen molar-refractivity contribution in [2.75, 3.05) is 64.2 Å². The Morgan fingerprint density at radius 2 is 1.10 bits per heavy atom. The van der Waals surface area contributed by atoms with Gasteiger partial charge in [-0.25, -0.2) is 14.4 Å². The smallest absolute Gasteiger partial charge is 0.407 e. The van der Waals surface area contributed by atoms with Crippen molar-refractivity contribution in [2.45, 2.75) is 55.7 Å². The summed E-state index contributed by atoms with van der Waals surface area (Å²) in [6.45, 7) is -3.63. The molecule has 0 radical (unpaired) electrons. The molecular formula is C32H52N8O24P4. The zero-order chi connectivity index (χ0) is 52.1. The predicted molar refractivity (Wildman–Crippen MR) is 228 cm³/mol. The van der Waals surface area contributed by atoms with Crippen LogP contribution in [0.25, 0.3) is 0 Å². The Morgan fingerprint density at radius 1 is 0.632 bits per heavy atom. The fourth-order valence-corrected chi connectivity index (χ4v) is 10.9. The first-order valence-corrected chi connectivity index (χ1v) is 26.2. The molecule has 0 aromatic heterocycles. The molecule has 32 nitrogen and oxygen atoms in total. The van der Waals surface area contributed by atoms with Gasteiger partial charge in [0, 0.05) is 63.8 Å². The molecule has 384 valence electrons. The Bertz CT molecular complexity index is 2110. The van der Waals surface area contributed by atoms with Gasteiger partial charge in [0.05, 0.1) is 12.6 Å². The molecule has 1 aliphatic rings. The average Bonchev–Trinajstić information content (AvgIpc) is 3.17. The molecular weight excluding hydrogens is 1000 g/mol. The van der Waals surface area contributed by atoms with E-state index in [0.29, 0.717) is 5.56 Å². The normalized spacial score (nSPS) is 17.1. The van der Waals surface area contributed by atoms with Gasteiger partial charge in [0.1, 0.15) is 13.1 Å². The van der Waals surface area contributed by atoms with Crippen LogP contribution < -0.4 is 16.0 Å². The van der Waals surface area contributed by atoms with Crippen LogP contribution in [0, 0.1) is 0 Å². The van der Waals surface area contributed by atoms with Crippen LogP contribution >= 0.6 is 30.4 Å². The number of carboxylic acid groups (broad SMARTS) is 4. The molecule has 2 unspecified atom stereocenters. The number of carboxylic acids is 1. The minimum absolute atomic E-state index is 0.0978. The highest BCUT2D eigenvalue weighted by atomic mass is 31.2. The number of hydrogen-bond donors (Lipinski definition) is 15. The zero-order valence-corrected chi connectivity index (χ0v) is 39.2. The first-order valence-electron chi connectivity index (χ1n) is 19.5. The molecule has 0 bridgehead atoms. The van der Waals surface area contributed by atoms with Crippen molar-refractivity contribution in [3.63, 3.8) is 0 Å². The monoisotopic (exact) mass is 1060 g/mol. The first-order chi connectivity index (χ1) is 31.1. The van der Waals surface area contributed by atoms with E-state index < -0.39 is 147 Å². The van der Waals surface area contributed by atoms with E-state index in [0.717, 1.165) is 14.7 Å². The molecule has 7 amide bonds. The van der Waals surface area contributed by atoms with E-state index in [-0.39, 0.29) is 49.6 Å². The fraction of sp³-hybridized carbons (Fsp3) is 0.562. The lowest BCUT2D eigenvalue weighted by Gasteiger charge is -2.38. The van der Waals surface area contributed by atoms with E-state index in [1.165, 1.54) is 46.7 Å². The van der Waals surface area contributed by atoms with Gasteiger partial charge >= 0.3 is 54.6 Å². The zero-order valence-electron chi connectivity index (χ0n) is 35.6. The van der Waals surface area contributed by atoms with Crippen molar-refractivity contribution in [2.24, 2.45) is 0 Å². The van der Waals surface area contributed by atoms with E-state index in [4.69, 9.17) is 0 Å². The first kappa shape index (κ1) is 59.1. The van der Waals surface area contributed by atoms with Gasteiger partial charge in [-0.1, -0.05) is 12.1 Å². The fourth-order valence-electron chi connectivity index (χ4n) is 6.50. The molecule has 1 aromatic carbocycles. The van der Waals surface area contributed by atoms with Crippen molar-refractivity contribution < 1.29 is 116 Å². The van der Waals surface area contributed by atoms with E-state index in [1.54, 1.807) is 0 Å². The highest BCUT2D eigenvalue weighted by Crippen LogP contribution is 2.59. The van der Waals surface area contributed by atoms with Gasteiger partial charge in [0.15, 0.2) is 0 Å². The quantitative estimate of drug-likeness (QED) is 0.0652. The van der Waals surface area contributed by atoms with Gasteiger partial charge in [0.2, 0.25) is 34.7 Å². The number of hydrogen-bond acceptors (Lipinski definition) is 13. The van der Waals surface area contributed by atoms with Gasteiger partial charge in [0.25, 0.3) is 0 Å². The van der Waals surface area contributed by atoms with Gasteiger partial charge in [-0.05, 0) is 37.5 Å². The number of nitrogens with zero attached hydrogens (tertiary/aromatic N) is 5. The molecule has 1 aromatic rings. The Kier molecular flexibility index (Phi) is 21.7. The summed E-state index contributed by atoms with van der Waals surface area (Å²) < 4.78 is 46.5. The maximum absolute atomic E-state index is 13.2. The minimum Gasteiger partial charge on any atom is -0.480 e. The maximum atomic E-state index is 13.2. The van der Waals surface area contributed by atoms with Crippen LogP contribution in [-0.2, 0) is 48.7 Å². The Hall–Kier alpha value is -5.06. The number of benzene rings is 1. The number of carbonyl (C=O) groups is 8. The van der Waals surface area contributed by atoms with Crippen molar-refractivity contribution in [1.29, 1.82) is 0 Å². The summed E-state index contributed by atoms with van der Waals surface area (Å²) in [5, 5.41) is 44.6. The number of amides is 7. The highest BCUT2D eigenvalue weighted by Gasteiger charge is 2.46. The SMILES string of the molecule is CC1CN(C(=O)O)CC(Cc2ccc(NC(=O)CCCC(=O)N(CC(=O)NC(P(=O)(O)O)P(=O)(O)O)CC(=O)NC(P(=O)(O)O)P(=O)(O)O)cc2)N(C(=O)O)CCN(C(=O)O)CCN1CC(=O)O. The molecule has 1 aliphatic heterocycles. The second-order valence-corrected chi connectivity index (χ2v) is 22.7. The van der Waals surface area contributed by atoms with E-state index in [9.17, 15) is 116 Å². The van der Waals surface area contributed by atoms with Crippen LogP contribution in [0.3, 0.4) is 0 Å². The van der Waals surface area contributed by atoms with Crippen LogP contribution in [0.1, 0.15) is 31.7 Å². The van der Waals surface area contributed by atoms with E-state index in [1.807, 2.05) is 0 Å². The van der Waals surface area contributed by atoms with Crippen molar-refractivity contribution in [3.8, 4) is 0 Å². The third-order valence-corrected chi connectivity index (χ3v) is 16.4. The summed E-state index contributed by atoms with van der Waals surface area (Å²) in [6.07, 6.45) is -6.09. The maximum Gasteiger partial charge on any atom is 0.407 e. The molecule has 36 heteroatoms. The number of carbonyl (C=O) groups excluding carboxylic acids is 4. The lowest BCUT2D eigenvalue weighted by atomic mass is 10.0. The second kappa shape index (κ2) is 25.0. The summed E-state index contributed by atoms with van der Waals surface area (Å²) in [7, 11) is -23.1. The lowest BCUT2D eigenvalue weighted by molar-refractivity contribution is -0.139. The van der Waals surface area contributed by atoms with Crippen LogP contribution in [0.15, 0.2) is 24.3 Å². The summed E-state index contributed by atoms with van der Waals surface area (Å²) >= 11 is 0. The third kappa shape index (κ3) is 19.9. The molecule has 0 spiro atoms. The Labute approximate surface area is 384 Å². The van der Waals surface area contributed by atoms with Crippen LogP contribution in [0.5, 0.6) is 0 Å². The highest BCUT2D eigenvalue weighted by molar-refractivity contribution is 7.71. The third-order valence-electron chi connectivity index (χ3n) is 9.75. The van der Waals surface area contributed by atoms with Gasteiger partial charge < -0.3 is 95.1 Å². The molecule has 1 fully saturated rings. The molecule has 1 saturated heterocycles. The number of nitrogens with one attached hydrogen (secondary N) is 3. The average molecular weight is 1060 g/mol. The topological polar surface area (TPSA) is 500 Å². The largest absolute Gasteiger partial charge is 0.480 e. The number of anilines is 1. The minimum atomic E-state index is -5.78. The van der Waals surface area contributed by atoms with Crippen LogP contribution in [0.4, 0.5) is 20.1 Å². The standard InChI is InChI=1S/C32H52N8O24P4/c1-19-14-39(31(49)50)15-22(40(32(51)52)12-11-36(30(47)48)9-10-37(19)18-27(45)46)13-20-5-7-21(8-6-20)33-23(41)3-2-4-26(44)38(16-24(42)34-28(65(53,54)55)66(56,57)58)17-25(43)35-29(67(59,60)61)68(62,63)64/h5-8,19,22,28-29H,2-4,9-18H2,1H3,(H,33,41)(H,34,42)(H,35,43)(H,45,46)(H,47,48)(H,49,50)(H,51,52)(H2,53,54,55)(H2,56,57,58)(H2,59,60,61)(H2,62,63,64). The predicted octanol–water partition coefficient (Wildman–Crippen LogP) is -2.23.